The third kappa shape index (κ3) is 3.96. The van der Waals surface area contributed by atoms with Crippen molar-refractivity contribution in [2.45, 2.75) is 33.1 Å². The fourth-order valence-electron chi connectivity index (χ4n) is 1.84. The standard InChI is InChI=1S/C15H20N2OS/c1-3-4-9-18-13-7-5-12(6-8-13)10-14-11(2)17-15(16)19-14/h5-8H,3-4,9-10H2,1-2H3,(H2,16,17). The molecule has 0 atom stereocenters. The van der Waals surface area contributed by atoms with E-state index in [-0.39, 0.29) is 0 Å². The van der Waals surface area contributed by atoms with E-state index < -0.39 is 0 Å². The second-order valence-electron chi connectivity index (χ2n) is 4.58. The number of thiazole rings is 1. The summed E-state index contributed by atoms with van der Waals surface area (Å²) in [6, 6.07) is 8.28. The molecule has 0 aliphatic rings. The third-order valence-corrected chi connectivity index (χ3v) is 3.95. The van der Waals surface area contributed by atoms with Gasteiger partial charge in [-0.2, -0.15) is 0 Å². The SMILES string of the molecule is CCCCOc1ccc(Cc2sc(N)nc2C)cc1. The quantitative estimate of drug-likeness (QED) is 0.816. The second kappa shape index (κ2) is 6.57. The summed E-state index contributed by atoms with van der Waals surface area (Å²) in [5.74, 6) is 0.942. The average Bonchev–Trinajstić information content (AvgIpc) is 2.70. The molecule has 0 bridgehead atoms. The Kier molecular flexibility index (Phi) is 4.80. The van der Waals surface area contributed by atoms with E-state index in [0.29, 0.717) is 5.13 Å². The summed E-state index contributed by atoms with van der Waals surface area (Å²) in [5.41, 5.74) is 8.00. The smallest absolute Gasteiger partial charge is 0.180 e. The zero-order valence-electron chi connectivity index (χ0n) is 11.5. The van der Waals surface area contributed by atoms with Crippen LogP contribution in [-0.2, 0) is 6.42 Å². The Morgan fingerprint density at radius 1 is 1.26 bits per heavy atom. The number of aryl methyl sites for hydroxylation is 1. The molecule has 0 spiro atoms. The summed E-state index contributed by atoms with van der Waals surface area (Å²) in [6.45, 7) is 4.96. The van der Waals surface area contributed by atoms with Crippen LogP contribution >= 0.6 is 11.3 Å². The van der Waals surface area contributed by atoms with Crippen LogP contribution in [0.2, 0.25) is 0 Å². The van der Waals surface area contributed by atoms with Crippen molar-refractivity contribution < 1.29 is 4.74 Å². The minimum absolute atomic E-state index is 0.645. The predicted molar refractivity (Wildman–Crippen MR) is 80.9 cm³/mol. The van der Waals surface area contributed by atoms with Crippen molar-refractivity contribution in [3.05, 3.63) is 40.4 Å². The summed E-state index contributed by atoms with van der Waals surface area (Å²) in [6.07, 6.45) is 3.14. The van der Waals surface area contributed by atoms with E-state index in [9.17, 15) is 0 Å². The van der Waals surface area contributed by atoms with E-state index >= 15 is 0 Å². The molecule has 0 saturated heterocycles. The van der Waals surface area contributed by atoms with Crippen molar-refractivity contribution in [1.29, 1.82) is 0 Å². The number of aromatic nitrogens is 1. The Morgan fingerprint density at radius 2 is 2.00 bits per heavy atom. The van der Waals surface area contributed by atoms with Crippen LogP contribution in [0, 0.1) is 6.92 Å². The highest BCUT2D eigenvalue weighted by molar-refractivity contribution is 7.15. The molecule has 2 rings (SSSR count). The van der Waals surface area contributed by atoms with Crippen molar-refractivity contribution in [2.24, 2.45) is 0 Å². The molecule has 3 nitrogen and oxygen atoms in total. The van der Waals surface area contributed by atoms with Crippen LogP contribution in [-0.4, -0.2) is 11.6 Å². The first-order chi connectivity index (χ1) is 9.19. The van der Waals surface area contributed by atoms with Crippen molar-refractivity contribution >= 4 is 16.5 Å². The van der Waals surface area contributed by atoms with Crippen LogP contribution in [0.4, 0.5) is 5.13 Å². The Labute approximate surface area is 118 Å². The van der Waals surface area contributed by atoms with E-state index in [2.05, 4.69) is 24.0 Å². The van der Waals surface area contributed by atoms with Gasteiger partial charge >= 0.3 is 0 Å². The van der Waals surface area contributed by atoms with Crippen LogP contribution in [0.5, 0.6) is 5.75 Å². The summed E-state index contributed by atoms with van der Waals surface area (Å²) < 4.78 is 5.65. The lowest BCUT2D eigenvalue weighted by Crippen LogP contribution is -1.96. The van der Waals surface area contributed by atoms with E-state index in [0.717, 1.165) is 37.3 Å². The number of nitrogens with zero attached hydrogens (tertiary/aromatic N) is 1. The highest BCUT2D eigenvalue weighted by atomic mass is 32.1. The summed E-state index contributed by atoms with van der Waals surface area (Å²) in [7, 11) is 0. The molecule has 0 aliphatic carbocycles. The third-order valence-electron chi connectivity index (χ3n) is 2.96. The molecule has 4 heteroatoms. The molecule has 0 radical (unpaired) electrons. The Bertz CT molecular complexity index is 519. The molecule has 19 heavy (non-hydrogen) atoms. The summed E-state index contributed by atoms with van der Waals surface area (Å²) >= 11 is 1.57. The van der Waals surface area contributed by atoms with Crippen LogP contribution in [0.15, 0.2) is 24.3 Å². The first kappa shape index (κ1) is 13.9. The first-order valence-corrected chi connectivity index (χ1v) is 7.44. The van der Waals surface area contributed by atoms with Gasteiger partial charge in [0.15, 0.2) is 5.13 Å². The van der Waals surface area contributed by atoms with E-state index in [4.69, 9.17) is 10.5 Å². The largest absolute Gasteiger partial charge is 0.494 e. The number of anilines is 1. The van der Waals surface area contributed by atoms with Crippen molar-refractivity contribution in [2.75, 3.05) is 12.3 Å². The minimum Gasteiger partial charge on any atom is -0.494 e. The molecule has 0 fully saturated rings. The van der Waals surface area contributed by atoms with Gasteiger partial charge in [0.2, 0.25) is 0 Å². The van der Waals surface area contributed by atoms with E-state index in [1.54, 1.807) is 11.3 Å². The highest BCUT2D eigenvalue weighted by Gasteiger charge is 2.06. The van der Waals surface area contributed by atoms with Crippen LogP contribution in [0.3, 0.4) is 0 Å². The lowest BCUT2D eigenvalue weighted by atomic mass is 10.1. The summed E-state index contributed by atoms with van der Waals surface area (Å²) in [5, 5.41) is 0.645. The number of hydrogen-bond donors (Lipinski definition) is 1. The molecule has 1 heterocycles. The molecule has 0 saturated carbocycles. The molecule has 0 amide bonds. The minimum atomic E-state index is 0.645. The first-order valence-electron chi connectivity index (χ1n) is 6.62. The lowest BCUT2D eigenvalue weighted by Gasteiger charge is -2.06. The second-order valence-corrected chi connectivity index (χ2v) is 5.70. The number of unbranched alkanes of at least 4 members (excludes halogenated alkanes) is 1. The van der Waals surface area contributed by atoms with Gasteiger partial charge in [0.25, 0.3) is 0 Å². The monoisotopic (exact) mass is 276 g/mol. The normalized spacial score (nSPS) is 10.6. The molecule has 2 N–H and O–H groups in total. The van der Waals surface area contributed by atoms with Gasteiger partial charge in [-0.25, -0.2) is 4.98 Å². The van der Waals surface area contributed by atoms with Crippen molar-refractivity contribution in [3.63, 3.8) is 0 Å². The van der Waals surface area contributed by atoms with Crippen molar-refractivity contribution in [3.8, 4) is 5.75 Å². The molecular formula is C15H20N2OS. The molecule has 1 aromatic heterocycles. The van der Waals surface area contributed by atoms with Gasteiger partial charge < -0.3 is 10.5 Å². The lowest BCUT2D eigenvalue weighted by molar-refractivity contribution is 0.309. The predicted octanol–water partition coefficient (Wildman–Crippen LogP) is 3.80. The maximum atomic E-state index is 5.71. The van der Waals surface area contributed by atoms with Crippen LogP contribution in [0.1, 0.15) is 35.9 Å². The fraction of sp³-hybridized carbons (Fsp3) is 0.400. The van der Waals surface area contributed by atoms with E-state index in [1.807, 2.05) is 19.1 Å². The molecule has 0 unspecified atom stereocenters. The molecular weight excluding hydrogens is 256 g/mol. The number of nitrogen functional groups attached to an aromatic ring is 1. The van der Waals surface area contributed by atoms with Gasteiger partial charge in [-0.3, -0.25) is 0 Å². The van der Waals surface area contributed by atoms with Crippen LogP contribution < -0.4 is 10.5 Å². The van der Waals surface area contributed by atoms with Gasteiger partial charge in [-0.15, -0.1) is 11.3 Å². The average molecular weight is 276 g/mol. The topological polar surface area (TPSA) is 48.1 Å². The molecule has 102 valence electrons. The number of ether oxygens (including phenoxy) is 1. The Balaban J connectivity index is 1.96. The fourth-order valence-corrected chi connectivity index (χ4v) is 2.71. The van der Waals surface area contributed by atoms with Crippen LogP contribution in [0.25, 0.3) is 0 Å². The zero-order chi connectivity index (χ0) is 13.7. The van der Waals surface area contributed by atoms with Gasteiger partial charge in [0, 0.05) is 11.3 Å². The maximum absolute atomic E-state index is 5.71. The Hall–Kier alpha value is -1.55. The molecule has 0 aliphatic heterocycles. The van der Waals surface area contributed by atoms with Gasteiger partial charge in [0.05, 0.1) is 12.3 Å². The van der Waals surface area contributed by atoms with Gasteiger partial charge in [-0.05, 0) is 31.0 Å². The Morgan fingerprint density at radius 3 is 2.58 bits per heavy atom. The summed E-state index contributed by atoms with van der Waals surface area (Å²) in [4.78, 5) is 5.48. The maximum Gasteiger partial charge on any atom is 0.180 e. The molecule has 1 aromatic carbocycles. The number of nitrogens with two attached hydrogens (primary N) is 1. The zero-order valence-corrected chi connectivity index (χ0v) is 12.3. The number of rotatable bonds is 6. The number of hydrogen-bond acceptors (Lipinski definition) is 4. The van der Waals surface area contributed by atoms with Gasteiger partial charge in [0.1, 0.15) is 5.75 Å². The molecule has 2 aromatic rings. The highest BCUT2D eigenvalue weighted by Crippen LogP contribution is 2.23. The van der Waals surface area contributed by atoms with E-state index in [1.165, 1.54) is 10.4 Å². The number of benzene rings is 1. The van der Waals surface area contributed by atoms with Crippen molar-refractivity contribution in [1.82, 2.24) is 4.98 Å². The van der Waals surface area contributed by atoms with Gasteiger partial charge in [-0.1, -0.05) is 25.5 Å².